The molecular formula is C26H30N4O3. The summed E-state index contributed by atoms with van der Waals surface area (Å²) in [5.74, 6) is 1.15. The highest BCUT2D eigenvalue weighted by Gasteiger charge is 2.24. The summed E-state index contributed by atoms with van der Waals surface area (Å²) in [6, 6.07) is 11.9. The summed E-state index contributed by atoms with van der Waals surface area (Å²) in [4.78, 5) is 18.8. The second-order valence-corrected chi connectivity index (χ2v) is 8.49. The number of piperidine rings is 1. The zero-order valence-electron chi connectivity index (χ0n) is 19.2. The molecule has 3 aromatic rings. The number of hydrogen-bond donors (Lipinski definition) is 1. The molecule has 0 aliphatic carbocycles. The normalized spacial score (nSPS) is 17.2. The van der Waals surface area contributed by atoms with Crippen molar-refractivity contribution in [2.24, 2.45) is 5.92 Å². The van der Waals surface area contributed by atoms with E-state index < -0.39 is 0 Å². The van der Waals surface area contributed by atoms with Gasteiger partial charge < -0.3 is 19.5 Å². The topological polar surface area (TPSA) is 80.5 Å². The molecule has 0 saturated carbocycles. The standard InChI is InChI=1S/C26H30N4O3/c1-19-17-30(26(31)29-24-9-8-20(2)27-16-24)11-10-23(19)13-21-5-3-7-25(14-21)32-12-4-6-22-15-28-33-18-22/h3,5,7-9,13-16,18-19H,4,6,10-12,17H2,1-2H3,(H,29,31). The minimum absolute atomic E-state index is 0.0758. The quantitative estimate of drug-likeness (QED) is 0.495. The minimum atomic E-state index is -0.0758. The highest BCUT2D eigenvalue weighted by Crippen LogP contribution is 2.26. The van der Waals surface area contributed by atoms with Gasteiger partial charge in [0.25, 0.3) is 0 Å². The molecule has 0 bridgehead atoms. The Morgan fingerprint density at radius 3 is 2.97 bits per heavy atom. The van der Waals surface area contributed by atoms with E-state index in [0.29, 0.717) is 19.7 Å². The molecule has 33 heavy (non-hydrogen) atoms. The van der Waals surface area contributed by atoms with E-state index >= 15 is 0 Å². The third-order valence-electron chi connectivity index (χ3n) is 5.82. The Morgan fingerprint density at radius 1 is 1.30 bits per heavy atom. The lowest BCUT2D eigenvalue weighted by atomic mass is 9.91. The highest BCUT2D eigenvalue weighted by molar-refractivity contribution is 5.89. The average Bonchev–Trinajstić information content (AvgIpc) is 3.33. The van der Waals surface area contributed by atoms with Crippen LogP contribution < -0.4 is 10.1 Å². The summed E-state index contributed by atoms with van der Waals surface area (Å²) in [5, 5.41) is 6.66. The van der Waals surface area contributed by atoms with Gasteiger partial charge >= 0.3 is 6.03 Å². The predicted molar refractivity (Wildman–Crippen MR) is 128 cm³/mol. The molecule has 3 heterocycles. The molecule has 7 nitrogen and oxygen atoms in total. The van der Waals surface area contributed by atoms with Gasteiger partial charge in [0.05, 0.1) is 24.7 Å². The first-order chi connectivity index (χ1) is 16.1. The number of carbonyl (C=O) groups excluding carboxylic acids is 1. The number of pyridine rings is 1. The van der Waals surface area contributed by atoms with Crippen LogP contribution in [0.1, 0.15) is 36.6 Å². The van der Waals surface area contributed by atoms with Crippen molar-refractivity contribution in [3.63, 3.8) is 0 Å². The number of anilines is 1. The van der Waals surface area contributed by atoms with Crippen LogP contribution in [0.3, 0.4) is 0 Å². The average molecular weight is 447 g/mol. The maximum Gasteiger partial charge on any atom is 0.321 e. The van der Waals surface area contributed by atoms with Crippen molar-refractivity contribution in [1.29, 1.82) is 0 Å². The highest BCUT2D eigenvalue weighted by atomic mass is 16.5. The molecular weight excluding hydrogens is 416 g/mol. The molecule has 1 unspecified atom stereocenters. The van der Waals surface area contributed by atoms with Crippen LogP contribution in [-0.4, -0.2) is 40.8 Å². The van der Waals surface area contributed by atoms with E-state index in [1.165, 1.54) is 5.57 Å². The number of rotatable bonds is 7. The SMILES string of the molecule is Cc1ccc(NC(=O)N2CCC(=Cc3cccc(OCCCc4cnoc4)c3)C(C)C2)cn1. The Balaban J connectivity index is 1.29. The van der Waals surface area contributed by atoms with Gasteiger partial charge in [-0.15, -0.1) is 0 Å². The second-order valence-electron chi connectivity index (χ2n) is 8.49. The smallest absolute Gasteiger partial charge is 0.321 e. The Hall–Kier alpha value is -3.61. The van der Waals surface area contributed by atoms with Gasteiger partial charge in [-0.05, 0) is 61.9 Å². The van der Waals surface area contributed by atoms with Crippen molar-refractivity contribution in [3.8, 4) is 5.75 Å². The lowest BCUT2D eigenvalue weighted by molar-refractivity contribution is 0.198. The maximum atomic E-state index is 12.7. The Bertz CT molecular complexity index is 1080. The van der Waals surface area contributed by atoms with Crippen LogP contribution in [0.25, 0.3) is 6.08 Å². The molecule has 1 N–H and O–H groups in total. The van der Waals surface area contributed by atoms with Crippen LogP contribution in [-0.2, 0) is 6.42 Å². The fraction of sp³-hybridized carbons (Fsp3) is 0.346. The van der Waals surface area contributed by atoms with Crippen LogP contribution in [0.15, 0.2) is 65.2 Å². The van der Waals surface area contributed by atoms with Gasteiger partial charge in [-0.3, -0.25) is 4.98 Å². The lowest BCUT2D eigenvalue weighted by Gasteiger charge is -2.33. The van der Waals surface area contributed by atoms with Crippen molar-refractivity contribution in [2.45, 2.75) is 33.1 Å². The Kier molecular flexibility index (Phi) is 7.40. The minimum Gasteiger partial charge on any atom is -0.494 e. The molecule has 1 aliphatic heterocycles. The number of benzene rings is 1. The summed E-state index contributed by atoms with van der Waals surface area (Å²) in [6.07, 6.45) is 9.97. The van der Waals surface area contributed by atoms with Gasteiger partial charge in [0.1, 0.15) is 12.0 Å². The number of likely N-dealkylation sites (tertiary alicyclic amines) is 1. The molecule has 7 heteroatoms. The van der Waals surface area contributed by atoms with E-state index in [0.717, 1.165) is 47.5 Å². The molecule has 1 atom stereocenters. The Labute approximate surface area is 194 Å². The lowest BCUT2D eigenvalue weighted by Crippen LogP contribution is -2.42. The summed E-state index contributed by atoms with van der Waals surface area (Å²) >= 11 is 0. The summed E-state index contributed by atoms with van der Waals surface area (Å²) in [5.41, 5.74) is 5.20. The monoisotopic (exact) mass is 446 g/mol. The molecule has 1 fully saturated rings. The van der Waals surface area contributed by atoms with Crippen LogP contribution in [0.2, 0.25) is 0 Å². The first-order valence-electron chi connectivity index (χ1n) is 11.4. The van der Waals surface area contributed by atoms with E-state index in [2.05, 4.69) is 40.6 Å². The van der Waals surface area contributed by atoms with Crippen LogP contribution >= 0.6 is 0 Å². The zero-order chi connectivity index (χ0) is 23.0. The van der Waals surface area contributed by atoms with E-state index in [4.69, 9.17) is 9.26 Å². The second kappa shape index (κ2) is 10.8. The van der Waals surface area contributed by atoms with Gasteiger partial charge in [0, 0.05) is 24.3 Å². The van der Waals surface area contributed by atoms with Crippen molar-refractivity contribution < 1.29 is 14.1 Å². The third-order valence-corrected chi connectivity index (χ3v) is 5.82. The molecule has 0 radical (unpaired) electrons. The number of ether oxygens (including phenoxy) is 1. The first kappa shape index (κ1) is 22.6. The maximum absolute atomic E-state index is 12.7. The number of urea groups is 1. The third kappa shape index (κ3) is 6.44. The molecule has 2 aromatic heterocycles. The van der Waals surface area contributed by atoms with Gasteiger partial charge in [0.15, 0.2) is 0 Å². The molecule has 2 amide bonds. The van der Waals surface area contributed by atoms with E-state index in [1.807, 2.05) is 36.1 Å². The van der Waals surface area contributed by atoms with Gasteiger partial charge in [-0.2, -0.15) is 0 Å². The van der Waals surface area contributed by atoms with Crippen LogP contribution in [0.5, 0.6) is 5.75 Å². The molecule has 4 rings (SSSR count). The molecule has 172 valence electrons. The number of aryl methyl sites for hydroxylation is 2. The van der Waals surface area contributed by atoms with E-state index in [9.17, 15) is 4.79 Å². The molecule has 1 aliphatic rings. The first-order valence-corrected chi connectivity index (χ1v) is 11.4. The van der Waals surface area contributed by atoms with E-state index in [-0.39, 0.29) is 11.9 Å². The van der Waals surface area contributed by atoms with Crippen molar-refractivity contribution in [3.05, 3.63) is 77.4 Å². The number of hydrogen-bond acceptors (Lipinski definition) is 5. The van der Waals surface area contributed by atoms with Gasteiger partial charge in [0.2, 0.25) is 0 Å². The summed E-state index contributed by atoms with van der Waals surface area (Å²) in [6.45, 7) is 6.12. The predicted octanol–water partition coefficient (Wildman–Crippen LogP) is 5.35. The fourth-order valence-electron chi connectivity index (χ4n) is 3.92. The largest absolute Gasteiger partial charge is 0.494 e. The van der Waals surface area contributed by atoms with Crippen molar-refractivity contribution in [2.75, 3.05) is 25.0 Å². The van der Waals surface area contributed by atoms with E-state index in [1.54, 1.807) is 18.7 Å². The number of nitrogens with zero attached hydrogens (tertiary/aromatic N) is 3. The molecule has 0 spiro atoms. The van der Waals surface area contributed by atoms with Crippen LogP contribution in [0, 0.1) is 12.8 Å². The fourth-order valence-corrected chi connectivity index (χ4v) is 3.92. The molecule has 1 aromatic carbocycles. The van der Waals surface area contributed by atoms with Crippen molar-refractivity contribution in [1.82, 2.24) is 15.0 Å². The Morgan fingerprint density at radius 2 is 2.21 bits per heavy atom. The molecule has 1 saturated heterocycles. The van der Waals surface area contributed by atoms with Gasteiger partial charge in [-0.1, -0.05) is 35.9 Å². The van der Waals surface area contributed by atoms with Gasteiger partial charge in [-0.25, -0.2) is 4.79 Å². The van der Waals surface area contributed by atoms with Crippen LogP contribution in [0.4, 0.5) is 10.5 Å². The number of nitrogens with one attached hydrogen (secondary N) is 1. The number of aromatic nitrogens is 2. The number of carbonyl (C=O) groups is 1. The number of amides is 2. The summed E-state index contributed by atoms with van der Waals surface area (Å²) < 4.78 is 10.8. The zero-order valence-corrected chi connectivity index (χ0v) is 19.2. The summed E-state index contributed by atoms with van der Waals surface area (Å²) in [7, 11) is 0. The van der Waals surface area contributed by atoms with Crippen molar-refractivity contribution >= 4 is 17.8 Å².